The summed E-state index contributed by atoms with van der Waals surface area (Å²) in [7, 11) is 0. The molecule has 0 aromatic heterocycles. The average molecular weight is 270 g/mol. The van der Waals surface area contributed by atoms with E-state index in [1.54, 1.807) is 0 Å². The van der Waals surface area contributed by atoms with Crippen LogP contribution >= 0.6 is 0 Å². The molecule has 0 radical (unpaired) electrons. The Bertz CT molecular complexity index is 460. The zero-order chi connectivity index (χ0) is 14.0. The third-order valence-corrected chi connectivity index (χ3v) is 2.07. The molecule has 0 aliphatic carbocycles. The van der Waals surface area contributed by atoms with Gasteiger partial charge in [0.05, 0.1) is 5.92 Å². The maximum Gasteiger partial charge on any atom is 0.309 e. The third-order valence-electron chi connectivity index (χ3n) is 2.07. The largest absolute Gasteiger partial charge is 0.487 e. The standard InChI is InChI=1S/C10H7F5O3/c1-3(10(16)17)2-18-9-7(14)5(12)4(11)6(13)8(9)15/h3H,2H2,1H3,(H,16,17). The van der Waals surface area contributed by atoms with Crippen LogP contribution in [0.25, 0.3) is 0 Å². The fourth-order valence-corrected chi connectivity index (χ4v) is 0.991. The first-order valence-electron chi connectivity index (χ1n) is 4.64. The van der Waals surface area contributed by atoms with E-state index >= 15 is 0 Å². The highest BCUT2D eigenvalue weighted by molar-refractivity contribution is 5.69. The topological polar surface area (TPSA) is 46.5 Å². The molecule has 0 heterocycles. The summed E-state index contributed by atoms with van der Waals surface area (Å²) in [6.45, 7) is 0.419. The zero-order valence-corrected chi connectivity index (χ0v) is 8.94. The second kappa shape index (κ2) is 5.19. The van der Waals surface area contributed by atoms with Crippen molar-refractivity contribution in [3.8, 4) is 5.75 Å². The van der Waals surface area contributed by atoms with Crippen LogP contribution in [0.2, 0.25) is 0 Å². The molecule has 100 valence electrons. The van der Waals surface area contributed by atoms with E-state index in [1.807, 2.05) is 0 Å². The number of ether oxygens (including phenoxy) is 1. The van der Waals surface area contributed by atoms with E-state index < -0.39 is 53.3 Å². The predicted octanol–water partition coefficient (Wildman–Crippen LogP) is 2.48. The van der Waals surface area contributed by atoms with Crippen molar-refractivity contribution in [2.45, 2.75) is 6.92 Å². The van der Waals surface area contributed by atoms with E-state index in [9.17, 15) is 26.7 Å². The minimum absolute atomic E-state index is 0.728. The van der Waals surface area contributed by atoms with Crippen molar-refractivity contribution in [3.63, 3.8) is 0 Å². The van der Waals surface area contributed by atoms with E-state index in [-0.39, 0.29) is 0 Å². The van der Waals surface area contributed by atoms with Crippen molar-refractivity contribution in [3.05, 3.63) is 29.1 Å². The zero-order valence-electron chi connectivity index (χ0n) is 8.94. The smallest absolute Gasteiger partial charge is 0.309 e. The van der Waals surface area contributed by atoms with E-state index in [0.717, 1.165) is 6.92 Å². The molecule has 1 N–H and O–H groups in total. The molecule has 0 saturated carbocycles. The van der Waals surface area contributed by atoms with Crippen LogP contribution in [0.4, 0.5) is 22.0 Å². The summed E-state index contributed by atoms with van der Waals surface area (Å²) in [6, 6.07) is 0. The number of rotatable bonds is 4. The Morgan fingerprint density at radius 3 is 1.83 bits per heavy atom. The summed E-state index contributed by atoms with van der Waals surface area (Å²) in [5.74, 6) is -14.9. The third kappa shape index (κ3) is 2.52. The van der Waals surface area contributed by atoms with Gasteiger partial charge >= 0.3 is 5.97 Å². The number of hydrogen-bond donors (Lipinski definition) is 1. The summed E-state index contributed by atoms with van der Waals surface area (Å²) in [4.78, 5) is 10.4. The van der Waals surface area contributed by atoms with E-state index in [0.29, 0.717) is 0 Å². The van der Waals surface area contributed by atoms with Crippen LogP contribution in [-0.4, -0.2) is 17.7 Å². The number of halogens is 5. The summed E-state index contributed by atoms with van der Waals surface area (Å²) < 4.78 is 68.6. The first kappa shape index (κ1) is 14.2. The van der Waals surface area contributed by atoms with Crippen molar-refractivity contribution >= 4 is 5.97 Å². The Hall–Kier alpha value is -1.86. The summed E-state index contributed by atoms with van der Waals surface area (Å²) in [5, 5.41) is 8.48. The van der Waals surface area contributed by atoms with Gasteiger partial charge in [-0.3, -0.25) is 4.79 Å². The fourth-order valence-electron chi connectivity index (χ4n) is 0.991. The molecule has 8 heteroatoms. The lowest BCUT2D eigenvalue weighted by atomic mass is 10.2. The Labute approximate surface area is 97.8 Å². The second-order valence-electron chi connectivity index (χ2n) is 3.45. The number of hydrogen-bond acceptors (Lipinski definition) is 2. The molecule has 3 nitrogen and oxygen atoms in total. The lowest BCUT2D eigenvalue weighted by molar-refractivity contribution is -0.142. The molecule has 0 aliphatic heterocycles. The molecule has 1 aromatic rings. The van der Waals surface area contributed by atoms with Gasteiger partial charge in [-0.1, -0.05) is 0 Å². The lowest BCUT2D eigenvalue weighted by Crippen LogP contribution is -2.19. The molecule has 0 amide bonds. The highest BCUT2D eigenvalue weighted by Gasteiger charge is 2.27. The van der Waals surface area contributed by atoms with Crippen LogP contribution in [0, 0.1) is 35.0 Å². The minimum Gasteiger partial charge on any atom is -0.487 e. The monoisotopic (exact) mass is 270 g/mol. The summed E-state index contributed by atoms with van der Waals surface area (Å²) in [6.07, 6.45) is 0. The van der Waals surface area contributed by atoms with Gasteiger partial charge < -0.3 is 9.84 Å². The first-order valence-corrected chi connectivity index (χ1v) is 4.64. The molecule has 1 atom stereocenters. The lowest BCUT2D eigenvalue weighted by Gasteiger charge is -2.12. The van der Waals surface area contributed by atoms with Crippen molar-refractivity contribution in [2.24, 2.45) is 5.92 Å². The molecule has 0 fully saturated rings. The molecule has 0 aliphatic rings. The molecular formula is C10H7F5O3. The quantitative estimate of drug-likeness (QED) is 0.519. The van der Waals surface area contributed by atoms with Crippen LogP contribution in [0.3, 0.4) is 0 Å². The predicted molar refractivity (Wildman–Crippen MR) is 48.5 cm³/mol. The number of carboxylic acids is 1. The van der Waals surface area contributed by atoms with Crippen LogP contribution in [-0.2, 0) is 4.79 Å². The SMILES string of the molecule is CC(COc1c(F)c(F)c(F)c(F)c1F)C(=O)O. The van der Waals surface area contributed by atoms with Gasteiger partial charge in [0.2, 0.25) is 29.1 Å². The molecular weight excluding hydrogens is 263 g/mol. The average Bonchev–Trinajstić information content (AvgIpc) is 2.33. The van der Waals surface area contributed by atoms with Crippen molar-refractivity contribution < 1.29 is 36.6 Å². The maximum absolute atomic E-state index is 13.1. The Morgan fingerprint density at radius 1 is 1.06 bits per heavy atom. The highest BCUT2D eigenvalue weighted by atomic mass is 19.2. The van der Waals surface area contributed by atoms with E-state index in [2.05, 4.69) is 4.74 Å². The number of carboxylic acid groups (broad SMARTS) is 1. The van der Waals surface area contributed by atoms with Crippen LogP contribution in [0.1, 0.15) is 6.92 Å². The molecule has 1 aromatic carbocycles. The first-order chi connectivity index (χ1) is 8.27. The van der Waals surface area contributed by atoms with Crippen LogP contribution in [0.15, 0.2) is 0 Å². The van der Waals surface area contributed by atoms with E-state index in [1.165, 1.54) is 0 Å². The Morgan fingerprint density at radius 2 is 1.44 bits per heavy atom. The Kier molecular flexibility index (Phi) is 4.10. The van der Waals surface area contributed by atoms with Gasteiger partial charge in [0.15, 0.2) is 5.75 Å². The maximum atomic E-state index is 13.1. The second-order valence-corrected chi connectivity index (χ2v) is 3.45. The van der Waals surface area contributed by atoms with Gasteiger partial charge in [0.25, 0.3) is 0 Å². The van der Waals surface area contributed by atoms with Gasteiger partial charge in [0, 0.05) is 0 Å². The van der Waals surface area contributed by atoms with E-state index in [4.69, 9.17) is 5.11 Å². The van der Waals surface area contributed by atoms with Crippen LogP contribution in [0.5, 0.6) is 5.75 Å². The summed E-state index contributed by atoms with van der Waals surface area (Å²) >= 11 is 0. The highest BCUT2D eigenvalue weighted by Crippen LogP contribution is 2.29. The summed E-state index contributed by atoms with van der Waals surface area (Å²) in [5.41, 5.74) is 0. The number of carbonyl (C=O) groups is 1. The number of aliphatic carboxylic acids is 1. The van der Waals surface area contributed by atoms with Crippen molar-refractivity contribution in [2.75, 3.05) is 6.61 Å². The van der Waals surface area contributed by atoms with Gasteiger partial charge in [-0.15, -0.1) is 0 Å². The van der Waals surface area contributed by atoms with Gasteiger partial charge in [-0.2, -0.15) is 8.78 Å². The molecule has 0 saturated heterocycles. The molecule has 18 heavy (non-hydrogen) atoms. The minimum atomic E-state index is -2.30. The molecule has 1 rings (SSSR count). The van der Waals surface area contributed by atoms with Gasteiger partial charge in [-0.05, 0) is 6.92 Å². The van der Waals surface area contributed by atoms with Gasteiger partial charge in [-0.25, -0.2) is 13.2 Å². The molecule has 0 spiro atoms. The van der Waals surface area contributed by atoms with Crippen LogP contribution < -0.4 is 4.74 Å². The normalized spacial score (nSPS) is 12.3. The van der Waals surface area contributed by atoms with Gasteiger partial charge in [0.1, 0.15) is 6.61 Å². The van der Waals surface area contributed by atoms with Crippen molar-refractivity contribution in [1.82, 2.24) is 0 Å². The fraction of sp³-hybridized carbons (Fsp3) is 0.300. The van der Waals surface area contributed by atoms with Crippen molar-refractivity contribution in [1.29, 1.82) is 0 Å². The Balaban J connectivity index is 3.07. The molecule has 0 bridgehead atoms. The molecule has 1 unspecified atom stereocenters. The number of benzene rings is 1.